The van der Waals surface area contributed by atoms with Crippen molar-refractivity contribution in [3.63, 3.8) is 0 Å². The van der Waals surface area contributed by atoms with Gasteiger partial charge in [-0.05, 0) is 56.4 Å². The number of carbonyl (C=O) groups is 2. The minimum Gasteiger partial charge on any atom is -0.550 e. The summed E-state index contributed by atoms with van der Waals surface area (Å²) in [5.74, 6) is -1.52. The van der Waals surface area contributed by atoms with Gasteiger partial charge in [0.25, 0.3) is 0 Å². The molecular weight excluding hydrogens is 448 g/mol. The van der Waals surface area contributed by atoms with Gasteiger partial charge in [-0.3, -0.25) is 4.79 Å². The summed E-state index contributed by atoms with van der Waals surface area (Å²) in [4.78, 5) is 21.5. The summed E-state index contributed by atoms with van der Waals surface area (Å²) in [6.07, 6.45) is 20.1. The van der Waals surface area contributed by atoms with Gasteiger partial charge >= 0.3 is 0 Å². The fourth-order valence-corrected chi connectivity index (χ4v) is 4.27. The van der Waals surface area contributed by atoms with Crippen molar-refractivity contribution in [3.05, 3.63) is 29.3 Å². The smallest absolute Gasteiger partial charge is 0.224 e. The van der Waals surface area contributed by atoms with Crippen LogP contribution in [0.2, 0.25) is 0 Å². The van der Waals surface area contributed by atoms with Gasteiger partial charge in [-0.1, -0.05) is 90.0 Å². The molecule has 0 aliphatic heterocycles. The largest absolute Gasteiger partial charge is 0.550 e. The zero-order chi connectivity index (χ0) is 27.2. The number of nitrogens with one attached hydrogen (secondary N) is 1. The van der Waals surface area contributed by atoms with Crippen LogP contribution in [0.15, 0.2) is 18.2 Å². The second-order valence-electron chi connectivity index (χ2n) is 11.4. The van der Waals surface area contributed by atoms with Crippen molar-refractivity contribution in [2.75, 3.05) is 33.0 Å². The Balaban J connectivity index is 0.000000696. The third-order valence-corrected chi connectivity index (χ3v) is 6.24. The molecule has 0 heterocycles. The van der Waals surface area contributed by atoms with Gasteiger partial charge in [0.05, 0.1) is 27.7 Å². The standard InChI is InChI=1S/C19H42N.C12H15NO3/c1-5-6-7-8-9-10-11-12-13-14-15-16-17-18-19-20(2,3)4;1-8-5-9(2)7-10(6-8)13-11(14)3-4-12(15)16/h5-19H2,1-4H3;5-7H,3-4H2,1-2H3,(H,13,14)(H,15,16)/q+1;/p-1. The lowest BCUT2D eigenvalue weighted by molar-refractivity contribution is -0.870. The number of carboxylic acids is 1. The Kier molecular flexibility index (Phi) is 20.1. The molecule has 1 aromatic rings. The quantitative estimate of drug-likeness (QED) is 0.164. The fraction of sp³-hybridized carbons (Fsp3) is 0.742. The Morgan fingerprint density at radius 2 is 1.11 bits per heavy atom. The average Bonchev–Trinajstić information content (AvgIpc) is 2.77. The van der Waals surface area contributed by atoms with Gasteiger partial charge in [0.15, 0.2) is 0 Å². The summed E-state index contributed by atoms with van der Waals surface area (Å²) < 4.78 is 1.12. The van der Waals surface area contributed by atoms with Crippen molar-refractivity contribution < 1.29 is 19.2 Å². The first-order valence-corrected chi connectivity index (χ1v) is 14.4. The van der Waals surface area contributed by atoms with Gasteiger partial charge in [-0.25, -0.2) is 0 Å². The Bertz CT molecular complexity index is 690. The maximum Gasteiger partial charge on any atom is 0.224 e. The van der Waals surface area contributed by atoms with Gasteiger partial charge in [0, 0.05) is 18.1 Å². The van der Waals surface area contributed by atoms with Crippen LogP contribution in [-0.4, -0.2) is 44.0 Å². The first kappa shape index (κ1) is 34.1. The number of unbranched alkanes of at least 4 members (excludes halogenated alkanes) is 13. The topological polar surface area (TPSA) is 69.2 Å². The molecule has 1 amide bonds. The first-order valence-electron chi connectivity index (χ1n) is 14.4. The molecular formula is C31H56N2O3. The van der Waals surface area contributed by atoms with Gasteiger partial charge in [-0.2, -0.15) is 0 Å². The number of hydrogen-bond donors (Lipinski definition) is 1. The SMILES string of the molecule is CCCCCCCCCCCCCCCC[N+](C)(C)C.Cc1cc(C)cc(NC(=O)CCC(=O)[O-])c1. The van der Waals surface area contributed by atoms with Crippen molar-refractivity contribution in [1.82, 2.24) is 0 Å². The molecule has 0 aromatic heterocycles. The van der Waals surface area contributed by atoms with Crippen LogP contribution in [0.25, 0.3) is 0 Å². The van der Waals surface area contributed by atoms with Crippen LogP contribution in [-0.2, 0) is 9.59 Å². The number of quaternary nitrogens is 1. The maximum absolute atomic E-state index is 11.3. The zero-order valence-electron chi connectivity index (χ0n) is 24.4. The van der Waals surface area contributed by atoms with Crippen LogP contribution in [0.3, 0.4) is 0 Å². The molecule has 0 fully saturated rings. The van der Waals surface area contributed by atoms with Gasteiger partial charge in [-0.15, -0.1) is 0 Å². The van der Waals surface area contributed by atoms with Crippen molar-refractivity contribution in [2.45, 2.75) is 124 Å². The minimum atomic E-state index is -1.21. The third-order valence-electron chi connectivity index (χ3n) is 6.24. The summed E-state index contributed by atoms with van der Waals surface area (Å²) in [5.41, 5.74) is 2.80. The molecule has 36 heavy (non-hydrogen) atoms. The van der Waals surface area contributed by atoms with Gasteiger partial charge < -0.3 is 19.7 Å². The highest BCUT2D eigenvalue weighted by molar-refractivity contribution is 5.92. The average molecular weight is 505 g/mol. The summed E-state index contributed by atoms with van der Waals surface area (Å²) >= 11 is 0. The fourth-order valence-electron chi connectivity index (χ4n) is 4.27. The van der Waals surface area contributed by atoms with E-state index in [0.717, 1.165) is 15.6 Å². The van der Waals surface area contributed by atoms with E-state index in [1.807, 2.05) is 32.0 Å². The lowest BCUT2D eigenvalue weighted by Crippen LogP contribution is -2.35. The summed E-state index contributed by atoms with van der Waals surface area (Å²) in [5, 5.41) is 12.8. The van der Waals surface area contributed by atoms with Crippen LogP contribution in [0.4, 0.5) is 5.69 Å². The van der Waals surface area contributed by atoms with Gasteiger partial charge in [0.2, 0.25) is 5.91 Å². The van der Waals surface area contributed by atoms with Crippen molar-refractivity contribution in [2.24, 2.45) is 0 Å². The summed E-state index contributed by atoms with van der Waals surface area (Å²) in [7, 11) is 6.88. The van der Waals surface area contributed by atoms with E-state index in [-0.39, 0.29) is 18.7 Å². The lowest BCUT2D eigenvalue weighted by atomic mass is 10.0. The van der Waals surface area contributed by atoms with Crippen molar-refractivity contribution in [1.29, 1.82) is 0 Å². The number of nitrogens with zero attached hydrogens (tertiary/aromatic N) is 1. The predicted octanol–water partition coefficient (Wildman–Crippen LogP) is 6.95. The molecule has 0 aliphatic rings. The van der Waals surface area contributed by atoms with E-state index in [1.165, 1.54) is 96.4 Å². The molecule has 0 saturated carbocycles. The molecule has 5 heteroatoms. The molecule has 0 radical (unpaired) electrons. The number of anilines is 1. The lowest BCUT2D eigenvalue weighted by Gasteiger charge is -2.23. The molecule has 1 aromatic carbocycles. The monoisotopic (exact) mass is 504 g/mol. The predicted molar refractivity (Wildman–Crippen MR) is 152 cm³/mol. The normalized spacial score (nSPS) is 11.1. The third kappa shape index (κ3) is 23.8. The molecule has 0 bridgehead atoms. The van der Waals surface area contributed by atoms with E-state index in [9.17, 15) is 14.7 Å². The maximum atomic E-state index is 11.3. The number of benzene rings is 1. The molecule has 5 nitrogen and oxygen atoms in total. The molecule has 1 rings (SSSR count). The van der Waals surface area contributed by atoms with Gasteiger partial charge in [0.1, 0.15) is 0 Å². The number of carbonyl (C=O) groups excluding carboxylic acids is 2. The Labute approximate surface area is 222 Å². The Morgan fingerprint density at radius 1 is 0.694 bits per heavy atom. The highest BCUT2D eigenvalue weighted by atomic mass is 16.4. The molecule has 0 unspecified atom stereocenters. The Hall–Kier alpha value is -1.88. The summed E-state index contributed by atoms with van der Waals surface area (Å²) in [6, 6.07) is 5.67. The van der Waals surface area contributed by atoms with Crippen LogP contribution in [0, 0.1) is 13.8 Å². The highest BCUT2D eigenvalue weighted by Crippen LogP contribution is 2.14. The van der Waals surface area contributed by atoms with Crippen LogP contribution in [0.5, 0.6) is 0 Å². The first-order chi connectivity index (χ1) is 17.0. The highest BCUT2D eigenvalue weighted by Gasteiger charge is 2.05. The van der Waals surface area contributed by atoms with E-state index in [4.69, 9.17) is 0 Å². The van der Waals surface area contributed by atoms with Crippen LogP contribution < -0.4 is 10.4 Å². The molecule has 0 spiro atoms. The number of rotatable bonds is 19. The number of hydrogen-bond acceptors (Lipinski definition) is 3. The second kappa shape index (κ2) is 21.2. The summed E-state index contributed by atoms with van der Waals surface area (Å²) in [6.45, 7) is 7.49. The van der Waals surface area contributed by atoms with Crippen LogP contribution >= 0.6 is 0 Å². The van der Waals surface area contributed by atoms with E-state index in [1.54, 1.807) is 0 Å². The van der Waals surface area contributed by atoms with E-state index < -0.39 is 5.97 Å². The van der Waals surface area contributed by atoms with Crippen molar-refractivity contribution in [3.8, 4) is 0 Å². The van der Waals surface area contributed by atoms with E-state index >= 15 is 0 Å². The molecule has 0 aliphatic carbocycles. The molecule has 208 valence electrons. The van der Waals surface area contributed by atoms with E-state index in [0.29, 0.717) is 5.69 Å². The minimum absolute atomic E-state index is 0.0602. The zero-order valence-corrected chi connectivity index (χ0v) is 24.4. The van der Waals surface area contributed by atoms with E-state index in [2.05, 4.69) is 33.4 Å². The Morgan fingerprint density at radius 3 is 1.50 bits per heavy atom. The molecule has 0 atom stereocenters. The number of aliphatic carboxylic acids is 1. The molecule has 0 saturated heterocycles. The second-order valence-corrected chi connectivity index (χ2v) is 11.4. The molecule has 1 N–H and O–H groups in total. The number of amides is 1. The van der Waals surface area contributed by atoms with Crippen LogP contribution in [0.1, 0.15) is 121 Å². The number of carboxylic acid groups (broad SMARTS) is 1. The van der Waals surface area contributed by atoms with Crippen molar-refractivity contribution >= 4 is 17.6 Å². The number of aryl methyl sites for hydroxylation is 2.